The van der Waals surface area contributed by atoms with Gasteiger partial charge in [-0.25, -0.2) is 0 Å². The highest BCUT2D eigenvalue weighted by atomic mass is 16.5. The number of hydrogen-bond donors (Lipinski definition) is 2. The highest BCUT2D eigenvalue weighted by Gasteiger charge is 2.05. The Hall–Kier alpha value is -1.13. The minimum Gasteiger partial charge on any atom is -0.493 e. The van der Waals surface area contributed by atoms with Crippen LogP contribution in [-0.2, 0) is 6.61 Å². The lowest BCUT2D eigenvalue weighted by Gasteiger charge is -2.10. The Morgan fingerprint density at radius 1 is 0.952 bits per heavy atom. The molecule has 0 saturated carbocycles. The number of hydrogen-bond acceptors (Lipinski definition) is 4. The standard InChI is InChI=1S/C17H29NO3/c1-15-16(14-20)18-11-10-17(15)21-13-9-7-5-3-2-4-6-8-12-19/h10-11,19-20H,2-9,12-14H2,1H3. The fourth-order valence-corrected chi connectivity index (χ4v) is 2.33. The normalized spacial score (nSPS) is 10.8. The highest BCUT2D eigenvalue weighted by molar-refractivity contribution is 5.34. The average Bonchev–Trinajstić information content (AvgIpc) is 2.50. The van der Waals surface area contributed by atoms with Crippen molar-refractivity contribution in [2.45, 2.75) is 64.9 Å². The van der Waals surface area contributed by atoms with Crippen LogP contribution in [0, 0.1) is 6.92 Å². The molecule has 0 amide bonds. The first-order valence-corrected chi connectivity index (χ1v) is 8.08. The van der Waals surface area contributed by atoms with Crippen LogP contribution in [0.15, 0.2) is 12.3 Å². The van der Waals surface area contributed by atoms with Gasteiger partial charge in [-0.05, 0) is 25.8 Å². The Morgan fingerprint density at radius 2 is 1.57 bits per heavy atom. The number of nitrogens with zero attached hydrogens (tertiary/aromatic N) is 1. The molecule has 2 N–H and O–H groups in total. The Kier molecular flexibility index (Phi) is 9.83. The van der Waals surface area contributed by atoms with Crippen LogP contribution in [0.4, 0.5) is 0 Å². The van der Waals surface area contributed by atoms with Crippen LogP contribution in [-0.4, -0.2) is 28.4 Å². The molecule has 1 aromatic rings. The van der Waals surface area contributed by atoms with Crippen molar-refractivity contribution in [1.29, 1.82) is 0 Å². The smallest absolute Gasteiger partial charge is 0.125 e. The van der Waals surface area contributed by atoms with Crippen molar-refractivity contribution < 1.29 is 14.9 Å². The van der Waals surface area contributed by atoms with E-state index in [1.54, 1.807) is 6.20 Å². The monoisotopic (exact) mass is 295 g/mol. The van der Waals surface area contributed by atoms with Gasteiger partial charge >= 0.3 is 0 Å². The molecular weight excluding hydrogens is 266 g/mol. The molecule has 21 heavy (non-hydrogen) atoms. The van der Waals surface area contributed by atoms with Gasteiger partial charge in [0.2, 0.25) is 0 Å². The molecule has 1 heterocycles. The molecule has 0 aliphatic carbocycles. The molecule has 0 fully saturated rings. The zero-order valence-electron chi connectivity index (χ0n) is 13.2. The molecule has 0 atom stereocenters. The number of aromatic nitrogens is 1. The molecule has 4 nitrogen and oxygen atoms in total. The van der Waals surface area contributed by atoms with Gasteiger partial charge in [-0.15, -0.1) is 0 Å². The van der Waals surface area contributed by atoms with Crippen molar-refractivity contribution in [2.75, 3.05) is 13.2 Å². The van der Waals surface area contributed by atoms with Crippen LogP contribution in [0.2, 0.25) is 0 Å². The zero-order chi connectivity index (χ0) is 15.3. The Bertz CT molecular complexity index is 382. The van der Waals surface area contributed by atoms with E-state index >= 15 is 0 Å². The molecule has 0 aliphatic rings. The first kappa shape index (κ1) is 17.9. The van der Waals surface area contributed by atoms with E-state index in [0.29, 0.717) is 12.3 Å². The number of unbranched alkanes of at least 4 members (excludes halogenated alkanes) is 7. The van der Waals surface area contributed by atoms with Gasteiger partial charge in [-0.3, -0.25) is 4.98 Å². The van der Waals surface area contributed by atoms with Gasteiger partial charge in [-0.2, -0.15) is 0 Å². The second-order valence-electron chi connectivity index (χ2n) is 5.44. The van der Waals surface area contributed by atoms with E-state index in [2.05, 4.69) is 4.98 Å². The summed E-state index contributed by atoms with van der Waals surface area (Å²) in [5.41, 5.74) is 1.62. The molecule has 0 aromatic carbocycles. The number of rotatable bonds is 12. The van der Waals surface area contributed by atoms with E-state index in [1.807, 2.05) is 13.0 Å². The molecule has 0 spiro atoms. The van der Waals surface area contributed by atoms with Gasteiger partial charge in [0.15, 0.2) is 0 Å². The van der Waals surface area contributed by atoms with Gasteiger partial charge < -0.3 is 14.9 Å². The Morgan fingerprint density at radius 3 is 2.19 bits per heavy atom. The molecule has 1 rings (SSSR count). The summed E-state index contributed by atoms with van der Waals surface area (Å²) in [7, 11) is 0. The number of pyridine rings is 1. The first-order valence-electron chi connectivity index (χ1n) is 8.08. The van der Waals surface area contributed by atoms with Crippen LogP contribution < -0.4 is 4.74 Å². The molecule has 0 bridgehead atoms. The Labute approximate surface area is 128 Å². The largest absolute Gasteiger partial charge is 0.493 e. The van der Waals surface area contributed by atoms with Gasteiger partial charge in [-0.1, -0.05) is 38.5 Å². The summed E-state index contributed by atoms with van der Waals surface area (Å²) in [6, 6.07) is 1.86. The van der Waals surface area contributed by atoms with Gasteiger partial charge in [0.05, 0.1) is 18.9 Å². The number of aliphatic hydroxyl groups excluding tert-OH is 2. The van der Waals surface area contributed by atoms with Gasteiger partial charge in [0.25, 0.3) is 0 Å². The maximum Gasteiger partial charge on any atom is 0.125 e. The summed E-state index contributed by atoms with van der Waals surface area (Å²) in [6.45, 7) is 2.93. The van der Waals surface area contributed by atoms with Crippen molar-refractivity contribution in [2.24, 2.45) is 0 Å². The second kappa shape index (κ2) is 11.5. The minimum atomic E-state index is -0.0423. The molecule has 1 aromatic heterocycles. The summed E-state index contributed by atoms with van der Waals surface area (Å²) < 4.78 is 5.76. The SMILES string of the molecule is Cc1c(OCCCCCCCCCCO)ccnc1CO. The fraction of sp³-hybridized carbons (Fsp3) is 0.706. The van der Waals surface area contributed by atoms with E-state index in [4.69, 9.17) is 14.9 Å². The third-order valence-corrected chi connectivity index (χ3v) is 3.72. The van der Waals surface area contributed by atoms with E-state index < -0.39 is 0 Å². The predicted molar refractivity (Wildman–Crippen MR) is 84.4 cm³/mol. The number of aliphatic hydroxyl groups is 2. The highest BCUT2D eigenvalue weighted by Crippen LogP contribution is 2.19. The molecule has 120 valence electrons. The van der Waals surface area contributed by atoms with Crippen LogP contribution in [0.3, 0.4) is 0 Å². The van der Waals surface area contributed by atoms with Gasteiger partial charge in [0.1, 0.15) is 5.75 Å². The summed E-state index contributed by atoms with van der Waals surface area (Å²) in [6.07, 6.45) is 11.0. The lowest BCUT2D eigenvalue weighted by Crippen LogP contribution is -2.02. The first-order chi connectivity index (χ1) is 10.3. The summed E-state index contributed by atoms with van der Waals surface area (Å²) >= 11 is 0. The van der Waals surface area contributed by atoms with Crippen molar-refractivity contribution in [3.8, 4) is 5.75 Å². The quantitative estimate of drug-likeness (QED) is 0.580. The Balaban J connectivity index is 2.04. The lowest BCUT2D eigenvalue weighted by molar-refractivity contribution is 0.271. The van der Waals surface area contributed by atoms with Crippen molar-refractivity contribution in [3.63, 3.8) is 0 Å². The number of ether oxygens (including phenoxy) is 1. The van der Waals surface area contributed by atoms with Crippen molar-refractivity contribution in [1.82, 2.24) is 4.98 Å². The molecule has 0 unspecified atom stereocenters. The minimum absolute atomic E-state index is 0.0423. The van der Waals surface area contributed by atoms with Crippen LogP contribution in [0.25, 0.3) is 0 Å². The maximum absolute atomic E-state index is 9.16. The molecule has 4 heteroatoms. The van der Waals surface area contributed by atoms with Crippen LogP contribution in [0.1, 0.15) is 62.6 Å². The molecule has 0 aliphatic heterocycles. The third-order valence-electron chi connectivity index (χ3n) is 3.72. The topological polar surface area (TPSA) is 62.6 Å². The van der Waals surface area contributed by atoms with Gasteiger partial charge in [0, 0.05) is 18.4 Å². The van der Waals surface area contributed by atoms with Crippen LogP contribution >= 0.6 is 0 Å². The molecular formula is C17H29NO3. The summed E-state index contributed by atoms with van der Waals surface area (Å²) in [5.74, 6) is 0.832. The van der Waals surface area contributed by atoms with E-state index in [0.717, 1.165) is 37.2 Å². The third kappa shape index (κ3) is 7.44. The predicted octanol–water partition coefficient (Wildman–Crippen LogP) is 3.37. The van der Waals surface area contributed by atoms with Crippen LogP contribution in [0.5, 0.6) is 5.75 Å². The van der Waals surface area contributed by atoms with Crippen molar-refractivity contribution in [3.05, 3.63) is 23.5 Å². The molecule has 0 radical (unpaired) electrons. The van der Waals surface area contributed by atoms with E-state index in [9.17, 15) is 0 Å². The fourth-order valence-electron chi connectivity index (χ4n) is 2.33. The zero-order valence-corrected chi connectivity index (χ0v) is 13.2. The second-order valence-corrected chi connectivity index (χ2v) is 5.44. The lowest BCUT2D eigenvalue weighted by atomic mass is 10.1. The summed E-state index contributed by atoms with van der Waals surface area (Å²) in [4.78, 5) is 4.11. The van der Waals surface area contributed by atoms with E-state index in [1.165, 1.54) is 32.1 Å². The van der Waals surface area contributed by atoms with E-state index in [-0.39, 0.29) is 6.61 Å². The summed E-state index contributed by atoms with van der Waals surface area (Å²) in [5, 5.41) is 17.8. The maximum atomic E-state index is 9.16. The molecule has 0 saturated heterocycles. The van der Waals surface area contributed by atoms with Crippen molar-refractivity contribution >= 4 is 0 Å². The average molecular weight is 295 g/mol.